The Balaban J connectivity index is 1.06. The van der Waals surface area contributed by atoms with Gasteiger partial charge in [0.2, 0.25) is 0 Å². The van der Waals surface area contributed by atoms with Crippen LogP contribution in [0.25, 0.3) is 11.1 Å². The van der Waals surface area contributed by atoms with Gasteiger partial charge in [0.15, 0.2) is 0 Å². The van der Waals surface area contributed by atoms with Gasteiger partial charge in [-0.1, -0.05) is 101 Å². The molecule has 2 aromatic carbocycles. The summed E-state index contributed by atoms with van der Waals surface area (Å²) in [6.45, 7) is 15.0. The van der Waals surface area contributed by atoms with E-state index in [1.807, 2.05) is 34.1 Å². The topological polar surface area (TPSA) is 128 Å². The smallest absolute Gasteiger partial charge is 0.335 e. The van der Waals surface area contributed by atoms with Crippen LogP contribution in [0.1, 0.15) is 107 Å². The van der Waals surface area contributed by atoms with Crippen LogP contribution in [-0.2, 0) is 0 Å². The number of carbonyl (C=O) groups is 4. The summed E-state index contributed by atoms with van der Waals surface area (Å²) in [7, 11) is 0. The number of hydrogen-bond acceptors (Lipinski definition) is 5. The summed E-state index contributed by atoms with van der Waals surface area (Å²) >= 11 is 0. The van der Waals surface area contributed by atoms with Crippen molar-refractivity contribution in [3.63, 3.8) is 0 Å². The lowest BCUT2D eigenvalue weighted by atomic mass is 9.58. The van der Waals surface area contributed by atoms with E-state index in [1.54, 1.807) is 42.7 Å². The van der Waals surface area contributed by atoms with Crippen molar-refractivity contribution in [2.24, 2.45) is 21.7 Å². The number of nitrogens with zero attached hydrogens (tertiary/aromatic N) is 3. The van der Waals surface area contributed by atoms with E-state index in [0.29, 0.717) is 37.3 Å². The van der Waals surface area contributed by atoms with E-state index in [1.165, 1.54) is 11.1 Å². The summed E-state index contributed by atoms with van der Waals surface area (Å²) in [5.74, 6) is -2.23. The van der Waals surface area contributed by atoms with E-state index >= 15 is 0 Å². The number of pyridine rings is 1. The molecule has 9 nitrogen and oxygen atoms in total. The molecule has 54 heavy (non-hydrogen) atoms. The van der Waals surface area contributed by atoms with Crippen LogP contribution < -0.4 is 0 Å². The molecule has 0 bridgehead atoms. The first kappa shape index (κ1) is 36.8. The van der Waals surface area contributed by atoms with Crippen molar-refractivity contribution < 1.29 is 29.4 Å². The fourth-order valence-electron chi connectivity index (χ4n) is 9.75. The van der Waals surface area contributed by atoms with Crippen molar-refractivity contribution in [2.45, 2.75) is 54.4 Å². The normalized spacial score (nSPS) is 24.2. The number of aromatic nitrogens is 1. The molecule has 0 radical (unpaired) electrons. The number of aromatic carboxylic acids is 2. The second kappa shape index (κ2) is 13.1. The van der Waals surface area contributed by atoms with E-state index in [-0.39, 0.29) is 44.6 Å². The minimum absolute atomic E-state index is 0.165. The molecule has 2 amide bonds. The molecule has 7 rings (SSSR count). The van der Waals surface area contributed by atoms with Crippen molar-refractivity contribution in [3.8, 4) is 0 Å². The minimum Gasteiger partial charge on any atom is -0.478 e. The van der Waals surface area contributed by atoms with Crippen molar-refractivity contribution in [1.82, 2.24) is 14.8 Å². The highest BCUT2D eigenvalue weighted by Gasteiger charge is 2.48. The van der Waals surface area contributed by atoms with E-state index in [0.717, 1.165) is 35.1 Å². The van der Waals surface area contributed by atoms with Crippen LogP contribution >= 0.6 is 0 Å². The minimum atomic E-state index is -0.950. The Morgan fingerprint density at radius 2 is 0.926 bits per heavy atom. The van der Waals surface area contributed by atoms with Crippen molar-refractivity contribution in [3.05, 3.63) is 136 Å². The molecule has 9 heteroatoms. The molecule has 2 aliphatic heterocycles. The zero-order chi connectivity index (χ0) is 38.8. The highest BCUT2D eigenvalue weighted by atomic mass is 16.4. The molecule has 3 heterocycles. The maximum Gasteiger partial charge on any atom is 0.335 e. The molecule has 2 atom stereocenters. The van der Waals surface area contributed by atoms with Crippen molar-refractivity contribution in [2.75, 3.05) is 26.2 Å². The molecular weight excluding hydrogens is 679 g/mol. The fraction of sp³-hybridized carbons (Fsp3) is 0.356. The molecule has 0 spiro atoms. The van der Waals surface area contributed by atoms with Crippen LogP contribution in [0.5, 0.6) is 0 Å². The van der Waals surface area contributed by atoms with Crippen molar-refractivity contribution in [1.29, 1.82) is 0 Å². The lowest BCUT2D eigenvalue weighted by molar-refractivity contribution is 0.0671. The molecule has 2 aliphatic carbocycles. The first-order valence-corrected chi connectivity index (χ1v) is 18.5. The number of allylic oxidation sites excluding steroid dienone is 4. The Morgan fingerprint density at radius 3 is 1.28 bits per heavy atom. The number of fused-ring (bicyclic) bond motifs is 2. The summed E-state index contributed by atoms with van der Waals surface area (Å²) in [6, 6.07) is 15.7. The Kier molecular flexibility index (Phi) is 8.90. The third kappa shape index (κ3) is 6.19. The van der Waals surface area contributed by atoms with Gasteiger partial charge in [0.1, 0.15) is 0 Å². The van der Waals surface area contributed by atoms with Crippen molar-refractivity contribution >= 4 is 34.9 Å². The Bertz CT molecular complexity index is 2050. The Labute approximate surface area is 316 Å². The fourth-order valence-corrected chi connectivity index (χ4v) is 9.75. The van der Waals surface area contributed by atoms with Crippen LogP contribution in [0.4, 0.5) is 0 Å². The maximum atomic E-state index is 14.0. The SMILES string of the molecule is CC1(C)C(c2ccc(C(=O)O)cc2)=CC[C@]2(C)CN(C(=O)c3cncc(C(=O)N4CC=C5C(C)(C)C(c6ccc(C(=O)O)cc6)=CC[C@]5(C)C4)c3)CC=C12. The number of rotatable bonds is 6. The maximum absolute atomic E-state index is 14.0. The van der Waals surface area contributed by atoms with E-state index in [4.69, 9.17) is 0 Å². The summed E-state index contributed by atoms with van der Waals surface area (Å²) < 4.78 is 0. The molecule has 2 N–H and O–H groups in total. The largest absolute Gasteiger partial charge is 0.478 e. The molecule has 0 fully saturated rings. The lowest BCUT2D eigenvalue weighted by Crippen LogP contribution is -2.49. The van der Waals surface area contributed by atoms with Crippen LogP contribution in [-0.4, -0.2) is 74.9 Å². The van der Waals surface area contributed by atoms with Gasteiger partial charge in [-0.3, -0.25) is 14.6 Å². The number of carbonyl (C=O) groups excluding carboxylic acids is 2. The number of amides is 2. The van der Waals surface area contributed by atoms with E-state index < -0.39 is 11.9 Å². The molecule has 3 aromatic rings. The van der Waals surface area contributed by atoms with Gasteiger partial charge in [-0.05, 0) is 65.4 Å². The van der Waals surface area contributed by atoms with Crippen LogP contribution in [0.3, 0.4) is 0 Å². The predicted molar refractivity (Wildman–Crippen MR) is 208 cm³/mol. The second-order valence-corrected chi connectivity index (χ2v) is 16.8. The van der Waals surface area contributed by atoms with Gasteiger partial charge in [0, 0.05) is 60.2 Å². The standard InChI is InChI=1S/C45H47N3O6/c1-42(2)34(28-7-11-30(12-8-28)40(51)52)15-19-44(5)26-47(21-17-36(42)44)38(49)32-23-33(25-46-24-32)39(50)48-22-18-37-43(3,4)35(16-20-45(37,6)27-48)29-9-13-31(14-10-29)41(53)54/h7-18,23-25H,19-22,26-27H2,1-6H3,(H,51,52)(H,53,54)/t44-,45-/m1/s1. The highest BCUT2D eigenvalue weighted by Crippen LogP contribution is 2.56. The first-order chi connectivity index (χ1) is 25.4. The van der Waals surface area contributed by atoms with Crippen LogP contribution in [0.2, 0.25) is 0 Å². The molecule has 4 aliphatic rings. The lowest BCUT2D eigenvalue weighted by Gasteiger charge is -2.50. The summed E-state index contributed by atoms with van der Waals surface area (Å²) in [6.07, 6.45) is 13.3. The number of carboxylic acids is 2. The Morgan fingerprint density at radius 1 is 0.556 bits per heavy atom. The number of benzene rings is 2. The third-order valence-corrected chi connectivity index (χ3v) is 12.3. The predicted octanol–water partition coefficient (Wildman–Crippen LogP) is 8.28. The number of carboxylic acid groups (broad SMARTS) is 2. The molecular formula is C45H47N3O6. The summed E-state index contributed by atoms with van der Waals surface area (Å²) in [4.78, 5) is 58.9. The summed E-state index contributed by atoms with van der Waals surface area (Å²) in [5, 5.41) is 18.7. The Hall–Kier alpha value is -5.57. The second-order valence-electron chi connectivity index (χ2n) is 16.8. The molecule has 0 saturated carbocycles. The quantitative estimate of drug-likeness (QED) is 0.245. The van der Waals surface area contributed by atoms with Gasteiger partial charge in [-0.2, -0.15) is 0 Å². The summed E-state index contributed by atoms with van der Waals surface area (Å²) in [5.41, 5.74) is 6.84. The third-order valence-electron chi connectivity index (χ3n) is 12.3. The van der Waals surface area contributed by atoms with Gasteiger partial charge in [0.25, 0.3) is 11.8 Å². The number of hydrogen-bond donors (Lipinski definition) is 2. The molecule has 0 unspecified atom stereocenters. The first-order valence-electron chi connectivity index (χ1n) is 18.5. The van der Waals surface area contributed by atoms with Gasteiger partial charge >= 0.3 is 11.9 Å². The van der Waals surface area contributed by atoms with Gasteiger partial charge in [0.05, 0.1) is 22.3 Å². The molecule has 278 valence electrons. The zero-order valence-electron chi connectivity index (χ0n) is 31.8. The van der Waals surface area contributed by atoms with Gasteiger partial charge in [-0.25, -0.2) is 9.59 Å². The van der Waals surface area contributed by atoms with Crippen LogP contribution in [0.15, 0.2) is 102 Å². The van der Waals surface area contributed by atoms with Gasteiger partial charge < -0.3 is 20.0 Å². The molecule has 0 saturated heterocycles. The van der Waals surface area contributed by atoms with Crippen LogP contribution in [0, 0.1) is 21.7 Å². The van der Waals surface area contributed by atoms with E-state index in [2.05, 4.69) is 70.8 Å². The average molecular weight is 726 g/mol. The average Bonchev–Trinajstić information content (AvgIpc) is 3.13. The zero-order valence-corrected chi connectivity index (χ0v) is 31.8. The monoisotopic (exact) mass is 725 g/mol. The van der Waals surface area contributed by atoms with Gasteiger partial charge in [-0.15, -0.1) is 0 Å². The molecule has 1 aromatic heterocycles. The highest BCUT2D eigenvalue weighted by molar-refractivity contribution is 5.99. The van der Waals surface area contributed by atoms with E-state index in [9.17, 15) is 29.4 Å².